The predicted molar refractivity (Wildman–Crippen MR) is 124 cm³/mol. The summed E-state index contributed by atoms with van der Waals surface area (Å²) in [5.74, 6) is 1.49. The van der Waals surface area contributed by atoms with Crippen LogP contribution in [-0.2, 0) is 6.61 Å². The van der Waals surface area contributed by atoms with E-state index in [1.807, 2.05) is 30.3 Å². The Kier molecular flexibility index (Phi) is 6.64. The van der Waals surface area contributed by atoms with Crippen molar-refractivity contribution >= 4 is 19.8 Å². The summed E-state index contributed by atoms with van der Waals surface area (Å²) in [4.78, 5) is 0. The molecule has 3 rings (SSSR count). The van der Waals surface area contributed by atoms with Crippen LogP contribution in [0.1, 0.15) is 47.1 Å². The molecule has 3 nitrogen and oxygen atoms in total. The van der Waals surface area contributed by atoms with Crippen LogP contribution in [0.3, 0.4) is 0 Å². The molecule has 2 heterocycles. The van der Waals surface area contributed by atoms with Crippen molar-refractivity contribution in [2.24, 2.45) is 0 Å². The third-order valence-corrected chi connectivity index (χ3v) is 13.1. The second-order valence-electron chi connectivity index (χ2n) is 8.65. The Hall–Kier alpha value is -1.91. The molecule has 0 aliphatic heterocycles. The fourth-order valence-electron chi connectivity index (χ4n) is 5.06. The first kappa shape index (κ1) is 21.8. The monoisotopic (exact) mass is 429 g/mol. The van der Waals surface area contributed by atoms with Crippen LogP contribution in [0, 0.1) is 0 Å². The molecule has 156 valence electrons. The van der Waals surface area contributed by atoms with E-state index >= 15 is 0 Å². The van der Waals surface area contributed by atoms with E-state index in [1.165, 1.54) is 0 Å². The Labute approximate surface area is 180 Å². The normalized spacial score (nSPS) is 12.3. The second kappa shape index (κ2) is 8.84. The highest BCUT2D eigenvalue weighted by atomic mass is 35.5. The Balaban J connectivity index is 1.97. The lowest BCUT2D eigenvalue weighted by Gasteiger charge is -2.45. The highest BCUT2D eigenvalue weighted by Gasteiger charge is 2.46. The van der Waals surface area contributed by atoms with Gasteiger partial charge in [0, 0.05) is 6.07 Å². The van der Waals surface area contributed by atoms with E-state index in [0.717, 1.165) is 27.8 Å². The van der Waals surface area contributed by atoms with Gasteiger partial charge >= 0.3 is 0 Å². The van der Waals surface area contributed by atoms with Crippen LogP contribution in [0.15, 0.2) is 59.3 Å². The Bertz CT molecular complexity index is 906. The minimum absolute atomic E-state index is 0.511. The summed E-state index contributed by atoms with van der Waals surface area (Å²) in [6, 6.07) is 14.1. The quantitative estimate of drug-likeness (QED) is 0.339. The molecule has 3 aromatic rings. The minimum atomic E-state index is -1.94. The maximum atomic E-state index is 6.68. The number of halogens is 1. The summed E-state index contributed by atoms with van der Waals surface area (Å²) in [7, 11) is -1.94. The van der Waals surface area contributed by atoms with Crippen molar-refractivity contribution in [2.75, 3.05) is 0 Å². The lowest BCUT2D eigenvalue weighted by molar-refractivity contribution is 0.302. The van der Waals surface area contributed by atoms with Gasteiger partial charge in [0.1, 0.15) is 12.9 Å². The first-order chi connectivity index (χ1) is 13.8. The molecule has 0 saturated carbocycles. The van der Waals surface area contributed by atoms with Gasteiger partial charge in [-0.05, 0) is 34.5 Å². The summed E-state index contributed by atoms with van der Waals surface area (Å²) in [6.07, 6.45) is 3.84. The van der Waals surface area contributed by atoms with E-state index in [0.29, 0.717) is 23.2 Å². The summed E-state index contributed by atoms with van der Waals surface area (Å²) >= 11 is 6.68. The average molecular weight is 430 g/mol. The lowest BCUT2D eigenvalue weighted by atomic mass is 10.2. The van der Waals surface area contributed by atoms with Crippen LogP contribution in [0.4, 0.5) is 0 Å². The van der Waals surface area contributed by atoms with E-state index in [9.17, 15) is 0 Å². The molecule has 0 spiro atoms. The number of benzene rings is 1. The maximum Gasteiger partial charge on any atom is 0.169 e. The van der Waals surface area contributed by atoms with Crippen molar-refractivity contribution in [1.82, 2.24) is 4.23 Å². The van der Waals surface area contributed by atoms with E-state index in [1.54, 1.807) is 6.26 Å². The summed E-state index contributed by atoms with van der Waals surface area (Å²) in [5.41, 5.74) is 3.79. The molecule has 0 saturated heterocycles. The smallest absolute Gasteiger partial charge is 0.169 e. The minimum Gasteiger partial charge on any atom is -0.486 e. The van der Waals surface area contributed by atoms with Gasteiger partial charge in [-0.25, -0.2) is 0 Å². The third-order valence-electron chi connectivity index (χ3n) is 6.09. The van der Waals surface area contributed by atoms with Crippen LogP contribution in [0.25, 0.3) is 11.5 Å². The summed E-state index contributed by atoms with van der Waals surface area (Å²) < 4.78 is 14.4. The predicted octanol–water partition coefficient (Wildman–Crippen LogP) is 8.00. The van der Waals surface area contributed by atoms with Crippen molar-refractivity contribution < 1.29 is 9.15 Å². The van der Waals surface area contributed by atoms with Crippen LogP contribution in [-0.4, -0.2) is 12.5 Å². The molecule has 0 atom stereocenters. The summed E-state index contributed by atoms with van der Waals surface area (Å²) in [5, 5.41) is 0.729. The Morgan fingerprint density at radius 1 is 0.966 bits per heavy atom. The van der Waals surface area contributed by atoms with Gasteiger partial charge in [0.05, 0.1) is 10.7 Å². The van der Waals surface area contributed by atoms with Crippen molar-refractivity contribution in [3.8, 4) is 17.2 Å². The number of hydrogen-bond donors (Lipinski definition) is 0. The standard InChI is InChI=1S/C24H32ClNO2Si/c1-17(2)29(18(3)4,19(5)6)26-13-12-22(25)24(26)23-14-21(16-28-23)27-15-20-10-8-7-9-11-20/h7-14,16-19H,15H2,1-6H3. The van der Waals surface area contributed by atoms with Gasteiger partial charge in [0.25, 0.3) is 0 Å². The molecule has 0 bridgehead atoms. The molecule has 29 heavy (non-hydrogen) atoms. The second-order valence-corrected chi connectivity index (χ2v) is 14.8. The average Bonchev–Trinajstić information content (AvgIpc) is 3.27. The van der Waals surface area contributed by atoms with Crippen molar-refractivity contribution in [3.63, 3.8) is 0 Å². The number of aromatic nitrogens is 1. The van der Waals surface area contributed by atoms with Crippen LogP contribution < -0.4 is 4.74 Å². The zero-order chi connectivity index (χ0) is 21.2. The van der Waals surface area contributed by atoms with Gasteiger partial charge < -0.3 is 13.4 Å². The van der Waals surface area contributed by atoms with Gasteiger partial charge in [-0.2, -0.15) is 0 Å². The molecular formula is C24H32ClNO2Si. The zero-order valence-electron chi connectivity index (χ0n) is 18.3. The number of furan rings is 1. The fraction of sp³-hybridized carbons (Fsp3) is 0.417. The number of hydrogen-bond acceptors (Lipinski definition) is 2. The van der Waals surface area contributed by atoms with E-state index in [2.05, 4.69) is 64.1 Å². The molecule has 0 aliphatic carbocycles. The highest BCUT2D eigenvalue weighted by molar-refractivity contribution is 6.82. The van der Waals surface area contributed by atoms with E-state index in [-0.39, 0.29) is 0 Å². The van der Waals surface area contributed by atoms with Gasteiger partial charge in [-0.3, -0.25) is 0 Å². The van der Waals surface area contributed by atoms with E-state index in [4.69, 9.17) is 20.8 Å². The first-order valence-corrected chi connectivity index (χ1v) is 13.0. The number of rotatable bonds is 8. The van der Waals surface area contributed by atoms with Crippen LogP contribution in [0.2, 0.25) is 21.6 Å². The first-order valence-electron chi connectivity index (χ1n) is 10.4. The van der Waals surface area contributed by atoms with Gasteiger partial charge in [0.15, 0.2) is 19.7 Å². The van der Waals surface area contributed by atoms with Crippen LogP contribution >= 0.6 is 11.6 Å². The molecule has 0 aliphatic rings. The van der Waals surface area contributed by atoms with Crippen molar-refractivity contribution in [3.05, 3.63) is 65.5 Å². The van der Waals surface area contributed by atoms with E-state index < -0.39 is 8.24 Å². The van der Waals surface area contributed by atoms with Gasteiger partial charge in [-0.15, -0.1) is 0 Å². The SMILES string of the molecule is CC(C)[Si](C(C)C)(C(C)C)n1ccc(Cl)c1-c1cc(OCc2ccccc2)co1. The largest absolute Gasteiger partial charge is 0.486 e. The topological polar surface area (TPSA) is 27.3 Å². The summed E-state index contributed by atoms with van der Waals surface area (Å²) in [6.45, 7) is 14.6. The Morgan fingerprint density at radius 3 is 2.17 bits per heavy atom. The van der Waals surface area contributed by atoms with Crippen molar-refractivity contribution in [2.45, 2.75) is 64.8 Å². The molecule has 0 fully saturated rings. The molecular weight excluding hydrogens is 398 g/mol. The lowest BCUT2D eigenvalue weighted by Crippen LogP contribution is -2.52. The molecule has 1 aromatic carbocycles. The molecule has 0 N–H and O–H groups in total. The number of nitrogens with zero attached hydrogens (tertiary/aromatic N) is 1. The third kappa shape index (κ3) is 4.06. The molecule has 0 amide bonds. The Morgan fingerprint density at radius 2 is 1.59 bits per heavy atom. The van der Waals surface area contributed by atoms with Crippen LogP contribution in [0.5, 0.6) is 5.75 Å². The van der Waals surface area contributed by atoms with Gasteiger partial charge in [-0.1, -0.05) is 83.5 Å². The zero-order valence-corrected chi connectivity index (χ0v) is 20.0. The fourth-order valence-corrected chi connectivity index (χ4v) is 12.0. The molecule has 0 radical (unpaired) electrons. The molecule has 2 aromatic heterocycles. The van der Waals surface area contributed by atoms with Gasteiger partial charge in [0.2, 0.25) is 0 Å². The number of ether oxygens (including phenoxy) is 1. The molecule has 0 unspecified atom stereocenters. The molecule has 5 heteroatoms. The highest BCUT2D eigenvalue weighted by Crippen LogP contribution is 2.46. The van der Waals surface area contributed by atoms with Crippen molar-refractivity contribution in [1.29, 1.82) is 0 Å². The maximum absolute atomic E-state index is 6.68.